The zero-order chi connectivity index (χ0) is 14.1. The van der Waals surface area contributed by atoms with Crippen LogP contribution in [0.3, 0.4) is 0 Å². The summed E-state index contributed by atoms with van der Waals surface area (Å²) in [5.41, 5.74) is 1.19. The second-order valence-corrected chi connectivity index (χ2v) is 6.36. The van der Waals surface area contributed by atoms with Gasteiger partial charge in [-0.2, -0.15) is 0 Å². The quantitative estimate of drug-likeness (QED) is 0.744. The topological polar surface area (TPSA) is 41.9 Å². The monoisotopic (exact) mass is 296 g/mol. The van der Waals surface area contributed by atoms with E-state index in [9.17, 15) is 0 Å². The van der Waals surface area contributed by atoms with Gasteiger partial charge in [-0.05, 0) is 42.3 Å². The van der Waals surface area contributed by atoms with Gasteiger partial charge in [-0.1, -0.05) is 6.07 Å². The minimum absolute atomic E-state index is 0.656. The van der Waals surface area contributed by atoms with Crippen molar-refractivity contribution in [3.63, 3.8) is 0 Å². The lowest BCUT2D eigenvalue weighted by Gasteiger charge is -2.18. The molecule has 0 saturated carbocycles. The first-order chi connectivity index (χ1) is 10.4. The van der Waals surface area contributed by atoms with Gasteiger partial charge in [-0.25, -0.2) is 9.97 Å². The number of pyridine rings is 1. The van der Waals surface area contributed by atoms with Crippen molar-refractivity contribution in [2.75, 3.05) is 18.0 Å². The maximum Gasteiger partial charge on any atom is 0.140 e. The van der Waals surface area contributed by atoms with E-state index in [0.29, 0.717) is 5.92 Å². The van der Waals surface area contributed by atoms with Crippen molar-refractivity contribution >= 4 is 27.4 Å². The Hall–Kier alpha value is -2.01. The molecular weight excluding hydrogens is 280 g/mol. The van der Waals surface area contributed by atoms with Crippen LogP contribution >= 0.6 is 11.3 Å². The number of thiophene rings is 1. The Morgan fingerprint density at radius 1 is 1.19 bits per heavy atom. The molecule has 1 aliphatic heterocycles. The summed E-state index contributed by atoms with van der Waals surface area (Å²) in [6.45, 7) is 2.12. The lowest BCUT2D eigenvalue weighted by Crippen LogP contribution is -2.21. The molecule has 1 unspecified atom stereocenters. The molecular formula is C16H16N4S. The summed E-state index contributed by atoms with van der Waals surface area (Å²) in [6.07, 6.45) is 5.81. The second kappa shape index (κ2) is 5.41. The highest BCUT2D eigenvalue weighted by molar-refractivity contribution is 7.16. The highest BCUT2D eigenvalue weighted by Gasteiger charge is 2.25. The van der Waals surface area contributed by atoms with Crippen LogP contribution in [0.15, 0.2) is 42.2 Å². The lowest BCUT2D eigenvalue weighted by molar-refractivity contribution is 0.577. The van der Waals surface area contributed by atoms with Gasteiger partial charge in [0.05, 0.1) is 5.39 Å². The first-order valence-corrected chi connectivity index (χ1v) is 8.11. The van der Waals surface area contributed by atoms with E-state index in [2.05, 4.69) is 43.4 Å². The van der Waals surface area contributed by atoms with Crippen LogP contribution in [0.2, 0.25) is 0 Å². The maximum absolute atomic E-state index is 4.51. The molecule has 1 atom stereocenters. The number of rotatable bonds is 3. The lowest BCUT2D eigenvalue weighted by atomic mass is 10.0. The van der Waals surface area contributed by atoms with E-state index in [1.807, 2.05) is 12.3 Å². The molecule has 1 saturated heterocycles. The number of fused-ring (bicyclic) bond motifs is 1. The van der Waals surface area contributed by atoms with Gasteiger partial charge in [0.2, 0.25) is 0 Å². The Morgan fingerprint density at radius 3 is 3.10 bits per heavy atom. The van der Waals surface area contributed by atoms with Gasteiger partial charge in [-0.15, -0.1) is 11.3 Å². The van der Waals surface area contributed by atoms with Crippen LogP contribution in [-0.2, 0) is 6.42 Å². The summed E-state index contributed by atoms with van der Waals surface area (Å²) in [4.78, 5) is 16.7. The SMILES string of the molecule is c1ccc(CC2CCN(c3ncnc4sccc34)C2)nc1. The molecule has 0 aliphatic carbocycles. The van der Waals surface area contributed by atoms with Crippen LogP contribution in [0.25, 0.3) is 10.2 Å². The highest BCUT2D eigenvalue weighted by Crippen LogP contribution is 2.31. The second-order valence-electron chi connectivity index (χ2n) is 5.46. The van der Waals surface area contributed by atoms with Gasteiger partial charge < -0.3 is 4.90 Å². The molecule has 1 aliphatic rings. The number of anilines is 1. The normalized spacial score (nSPS) is 18.5. The largest absolute Gasteiger partial charge is 0.356 e. The fourth-order valence-corrected chi connectivity index (χ4v) is 3.76. The molecule has 0 N–H and O–H groups in total. The van der Waals surface area contributed by atoms with Gasteiger partial charge in [0.1, 0.15) is 17.0 Å². The van der Waals surface area contributed by atoms with Crippen molar-refractivity contribution in [2.45, 2.75) is 12.8 Å². The first-order valence-electron chi connectivity index (χ1n) is 7.23. The Balaban J connectivity index is 1.52. The molecule has 0 aromatic carbocycles. The summed E-state index contributed by atoms with van der Waals surface area (Å²) in [5.74, 6) is 1.74. The Morgan fingerprint density at radius 2 is 2.19 bits per heavy atom. The minimum Gasteiger partial charge on any atom is -0.356 e. The van der Waals surface area contributed by atoms with Crippen molar-refractivity contribution in [1.82, 2.24) is 15.0 Å². The minimum atomic E-state index is 0.656. The summed E-state index contributed by atoms with van der Waals surface area (Å²) in [7, 11) is 0. The molecule has 0 bridgehead atoms. The number of hydrogen-bond acceptors (Lipinski definition) is 5. The molecule has 3 aromatic heterocycles. The van der Waals surface area contributed by atoms with Gasteiger partial charge in [-0.3, -0.25) is 4.98 Å². The van der Waals surface area contributed by atoms with Crippen molar-refractivity contribution in [2.24, 2.45) is 5.92 Å². The number of aromatic nitrogens is 3. The van der Waals surface area contributed by atoms with Crippen LogP contribution in [-0.4, -0.2) is 28.0 Å². The van der Waals surface area contributed by atoms with E-state index in [0.717, 1.165) is 30.2 Å². The molecule has 4 nitrogen and oxygen atoms in total. The molecule has 4 rings (SSSR count). The maximum atomic E-state index is 4.51. The molecule has 4 heterocycles. The Labute approximate surface area is 127 Å². The van der Waals surface area contributed by atoms with Crippen molar-refractivity contribution in [1.29, 1.82) is 0 Å². The Bertz CT molecular complexity index is 740. The van der Waals surface area contributed by atoms with Crippen LogP contribution in [0.1, 0.15) is 12.1 Å². The molecule has 0 radical (unpaired) electrons. The molecule has 3 aromatic rings. The third kappa shape index (κ3) is 2.49. The average Bonchev–Trinajstić information content (AvgIpc) is 3.16. The van der Waals surface area contributed by atoms with E-state index in [1.165, 1.54) is 17.5 Å². The summed E-state index contributed by atoms with van der Waals surface area (Å²) < 4.78 is 0. The standard InChI is InChI=1S/C16H16N4S/c1-2-6-17-13(3-1)9-12-4-7-20(10-12)15-14-5-8-21-16(14)19-11-18-15/h1-3,5-6,8,11-12H,4,7,9-10H2. The highest BCUT2D eigenvalue weighted by atomic mass is 32.1. The number of nitrogens with zero attached hydrogens (tertiary/aromatic N) is 4. The molecule has 5 heteroatoms. The average molecular weight is 296 g/mol. The van der Waals surface area contributed by atoms with Crippen molar-refractivity contribution in [3.05, 3.63) is 47.9 Å². The van der Waals surface area contributed by atoms with E-state index in [4.69, 9.17) is 0 Å². The van der Waals surface area contributed by atoms with Crippen LogP contribution < -0.4 is 4.90 Å². The van der Waals surface area contributed by atoms with Crippen LogP contribution in [0.5, 0.6) is 0 Å². The predicted molar refractivity (Wildman–Crippen MR) is 85.7 cm³/mol. The van der Waals surface area contributed by atoms with Gasteiger partial charge in [0.15, 0.2) is 0 Å². The van der Waals surface area contributed by atoms with Crippen LogP contribution in [0.4, 0.5) is 5.82 Å². The molecule has 0 spiro atoms. The summed E-state index contributed by atoms with van der Waals surface area (Å²) >= 11 is 1.68. The fraction of sp³-hybridized carbons (Fsp3) is 0.312. The van der Waals surface area contributed by atoms with Gasteiger partial charge in [0.25, 0.3) is 0 Å². The molecule has 21 heavy (non-hydrogen) atoms. The first kappa shape index (κ1) is 12.7. The van der Waals surface area contributed by atoms with E-state index in [-0.39, 0.29) is 0 Å². The zero-order valence-electron chi connectivity index (χ0n) is 11.6. The fourth-order valence-electron chi connectivity index (χ4n) is 3.04. The van der Waals surface area contributed by atoms with E-state index >= 15 is 0 Å². The van der Waals surface area contributed by atoms with Gasteiger partial charge >= 0.3 is 0 Å². The molecule has 106 valence electrons. The van der Waals surface area contributed by atoms with Crippen molar-refractivity contribution in [3.8, 4) is 0 Å². The Kier molecular flexibility index (Phi) is 3.27. The van der Waals surface area contributed by atoms with Crippen LogP contribution in [0, 0.1) is 5.92 Å². The van der Waals surface area contributed by atoms with E-state index in [1.54, 1.807) is 17.7 Å². The third-order valence-electron chi connectivity index (χ3n) is 4.05. The summed E-state index contributed by atoms with van der Waals surface area (Å²) in [6, 6.07) is 8.28. The number of hydrogen-bond donors (Lipinski definition) is 0. The van der Waals surface area contributed by atoms with Gasteiger partial charge in [0, 0.05) is 25.0 Å². The summed E-state index contributed by atoms with van der Waals surface area (Å²) in [5, 5.41) is 3.27. The van der Waals surface area contributed by atoms with E-state index < -0.39 is 0 Å². The zero-order valence-corrected chi connectivity index (χ0v) is 12.5. The molecule has 1 fully saturated rings. The third-order valence-corrected chi connectivity index (χ3v) is 4.87. The molecule has 0 amide bonds. The smallest absolute Gasteiger partial charge is 0.140 e. The predicted octanol–water partition coefficient (Wildman–Crippen LogP) is 3.16. The van der Waals surface area contributed by atoms with Crippen molar-refractivity contribution < 1.29 is 0 Å².